The average molecular weight is 280 g/mol. The molecule has 0 radical (unpaired) electrons. The summed E-state index contributed by atoms with van der Waals surface area (Å²) in [7, 11) is 1.35. The molecule has 0 heterocycles. The monoisotopic (exact) mass is 279 g/mol. The highest BCUT2D eigenvalue weighted by Crippen LogP contribution is 2.20. The van der Waals surface area contributed by atoms with Crippen molar-refractivity contribution < 1.29 is 18.0 Å². The maximum absolute atomic E-state index is 12.0. The third kappa shape index (κ3) is 4.56. The van der Waals surface area contributed by atoms with Crippen LogP contribution in [0.2, 0.25) is 0 Å². The van der Waals surface area contributed by atoms with E-state index in [2.05, 4.69) is 0 Å². The van der Waals surface area contributed by atoms with Gasteiger partial charge in [0.2, 0.25) is 0 Å². The van der Waals surface area contributed by atoms with Crippen molar-refractivity contribution in [3.05, 3.63) is 35.4 Å². The molecule has 1 amide bonds. The smallest absolute Gasteiger partial charge is 0.341 e. The van der Waals surface area contributed by atoms with Gasteiger partial charge < -0.3 is 4.90 Å². The van der Waals surface area contributed by atoms with E-state index in [1.807, 2.05) is 0 Å². The molecule has 0 aliphatic carbocycles. The van der Waals surface area contributed by atoms with E-state index in [0.717, 1.165) is 10.5 Å². The zero-order valence-electron chi connectivity index (χ0n) is 9.80. The van der Waals surface area contributed by atoms with E-state index in [9.17, 15) is 18.0 Å². The number of hydrogen-bond donors (Lipinski definition) is 0. The van der Waals surface area contributed by atoms with Gasteiger partial charge in [-0.05, 0) is 17.7 Å². The zero-order valence-corrected chi connectivity index (χ0v) is 10.6. The van der Waals surface area contributed by atoms with Crippen LogP contribution in [0.15, 0.2) is 24.3 Å². The van der Waals surface area contributed by atoms with Crippen LogP contribution < -0.4 is 0 Å². The first-order valence-electron chi connectivity index (χ1n) is 5.30. The molecule has 0 aliphatic heterocycles. The minimum Gasteiger partial charge on any atom is -0.341 e. The minimum absolute atomic E-state index is 0.257. The lowest BCUT2D eigenvalue weighted by Crippen LogP contribution is -2.30. The number of carbonyl (C=O) groups is 1. The molecular weight excluding hydrogens is 267 g/mol. The molecule has 0 fully saturated rings. The highest BCUT2D eigenvalue weighted by atomic mass is 35.5. The van der Waals surface area contributed by atoms with Gasteiger partial charge in [0.1, 0.15) is 0 Å². The van der Waals surface area contributed by atoms with Gasteiger partial charge in [-0.1, -0.05) is 12.1 Å². The first-order valence-corrected chi connectivity index (χ1v) is 5.84. The molecule has 2 nitrogen and oxygen atoms in total. The van der Waals surface area contributed by atoms with Crippen LogP contribution in [-0.4, -0.2) is 30.6 Å². The van der Waals surface area contributed by atoms with Crippen LogP contribution in [0, 0.1) is 0 Å². The summed E-state index contributed by atoms with van der Waals surface area (Å²) in [5, 5.41) is 0. The van der Waals surface area contributed by atoms with E-state index in [1.54, 1.807) is 24.3 Å². The van der Waals surface area contributed by atoms with Gasteiger partial charge in [-0.15, -0.1) is 11.6 Å². The van der Waals surface area contributed by atoms with Crippen molar-refractivity contribution >= 4 is 17.5 Å². The molecule has 0 N–H and O–H groups in total. The van der Waals surface area contributed by atoms with E-state index in [0.29, 0.717) is 5.56 Å². The van der Waals surface area contributed by atoms with E-state index in [1.165, 1.54) is 7.05 Å². The summed E-state index contributed by atoms with van der Waals surface area (Å²) in [4.78, 5) is 12.9. The predicted molar refractivity (Wildman–Crippen MR) is 63.6 cm³/mol. The molecular formula is C12H13ClF3NO. The molecule has 0 aromatic heterocycles. The quantitative estimate of drug-likeness (QED) is 0.773. The van der Waals surface area contributed by atoms with Crippen LogP contribution in [0.3, 0.4) is 0 Å². The second-order valence-corrected chi connectivity index (χ2v) is 4.19. The number of alkyl halides is 4. The largest absolute Gasteiger partial charge is 0.390 e. The Bertz CT molecular complexity index is 420. The Morgan fingerprint density at radius 3 is 2.61 bits per heavy atom. The lowest BCUT2D eigenvalue weighted by molar-refractivity contribution is -0.136. The summed E-state index contributed by atoms with van der Waals surface area (Å²) in [6.07, 6.45) is -5.27. The number of hydrogen-bond acceptors (Lipinski definition) is 1. The van der Waals surface area contributed by atoms with Crippen LogP contribution in [0.5, 0.6) is 0 Å². The minimum atomic E-state index is -4.26. The molecule has 6 heteroatoms. The molecule has 0 spiro atoms. The Kier molecular flexibility index (Phi) is 5.02. The summed E-state index contributed by atoms with van der Waals surface area (Å²) in [5.41, 5.74) is 1.10. The number of carbonyl (C=O) groups excluding carboxylic acids is 1. The molecule has 1 aromatic rings. The van der Waals surface area contributed by atoms with Gasteiger partial charge in [0.25, 0.3) is 5.91 Å². The summed E-state index contributed by atoms with van der Waals surface area (Å²) in [6, 6.07) is 6.55. The molecule has 0 unspecified atom stereocenters. The van der Waals surface area contributed by atoms with Crippen molar-refractivity contribution in [2.24, 2.45) is 0 Å². The van der Waals surface area contributed by atoms with Gasteiger partial charge in [-0.2, -0.15) is 13.2 Å². The Morgan fingerprint density at radius 2 is 2.06 bits per heavy atom. The molecule has 0 atom stereocenters. The number of amides is 1. The van der Waals surface area contributed by atoms with E-state index >= 15 is 0 Å². The lowest BCUT2D eigenvalue weighted by Gasteiger charge is -2.18. The second-order valence-electron chi connectivity index (χ2n) is 3.93. The first kappa shape index (κ1) is 14.8. The van der Waals surface area contributed by atoms with Gasteiger partial charge in [0.15, 0.2) is 0 Å². The van der Waals surface area contributed by atoms with E-state index in [4.69, 9.17) is 11.6 Å². The Balaban J connectivity index is 2.68. The first-order chi connectivity index (χ1) is 8.33. The lowest BCUT2D eigenvalue weighted by atomic mass is 10.1. The molecule has 18 heavy (non-hydrogen) atoms. The van der Waals surface area contributed by atoms with Crippen molar-refractivity contribution in [3.8, 4) is 0 Å². The van der Waals surface area contributed by atoms with Crippen molar-refractivity contribution in [2.75, 3.05) is 13.6 Å². The second kappa shape index (κ2) is 6.09. The summed E-state index contributed by atoms with van der Waals surface area (Å²) < 4.78 is 36.1. The van der Waals surface area contributed by atoms with Crippen LogP contribution in [0.1, 0.15) is 22.3 Å². The normalized spacial score (nSPS) is 11.4. The fourth-order valence-corrected chi connectivity index (χ4v) is 1.57. The third-order valence-corrected chi connectivity index (χ3v) is 2.71. The van der Waals surface area contributed by atoms with Gasteiger partial charge >= 0.3 is 6.18 Å². The highest BCUT2D eigenvalue weighted by Gasteiger charge is 2.28. The maximum Gasteiger partial charge on any atom is 0.390 e. The number of nitrogens with zero attached hydrogens (tertiary/aromatic N) is 1. The van der Waals surface area contributed by atoms with Crippen molar-refractivity contribution in [1.29, 1.82) is 0 Å². The van der Waals surface area contributed by atoms with Crippen molar-refractivity contribution in [2.45, 2.75) is 18.5 Å². The van der Waals surface area contributed by atoms with Crippen LogP contribution in [0.25, 0.3) is 0 Å². The number of rotatable bonds is 4. The standard InChI is InChI=1S/C12H13ClF3NO/c1-17(6-5-12(14,15)16)11(18)10-4-2-3-9(7-10)8-13/h2-4,7H,5-6,8H2,1H3. The molecule has 0 saturated carbocycles. The van der Waals surface area contributed by atoms with Gasteiger partial charge in [0.05, 0.1) is 6.42 Å². The zero-order chi connectivity index (χ0) is 13.8. The third-order valence-electron chi connectivity index (χ3n) is 2.41. The number of benzene rings is 1. The molecule has 0 aliphatic rings. The van der Waals surface area contributed by atoms with Crippen molar-refractivity contribution in [1.82, 2.24) is 4.90 Å². The van der Waals surface area contributed by atoms with Gasteiger partial charge in [-0.3, -0.25) is 4.79 Å². The fourth-order valence-electron chi connectivity index (χ4n) is 1.40. The van der Waals surface area contributed by atoms with Gasteiger partial charge in [-0.25, -0.2) is 0 Å². The highest BCUT2D eigenvalue weighted by molar-refractivity contribution is 6.17. The maximum atomic E-state index is 12.0. The molecule has 0 saturated heterocycles. The molecule has 1 rings (SSSR count). The topological polar surface area (TPSA) is 20.3 Å². The van der Waals surface area contributed by atoms with Gasteiger partial charge in [0, 0.05) is 25.0 Å². The average Bonchev–Trinajstić information content (AvgIpc) is 2.34. The predicted octanol–water partition coefficient (Wildman–Crippen LogP) is 3.45. The Hall–Kier alpha value is -1.23. The number of halogens is 4. The van der Waals surface area contributed by atoms with Crippen LogP contribution in [0.4, 0.5) is 13.2 Å². The fraction of sp³-hybridized carbons (Fsp3) is 0.417. The van der Waals surface area contributed by atoms with E-state index in [-0.39, 0.29) is 12.4 Å². The van der Waals surface area contributed by atoms with Crippen LogP contribution in [-0.2, 0) is 5.88 Å². The van der Waals surface area contributed by atoms with Crippen molar-refractivity contribution in [3.63, 3.8) is 0 Å². The molecule has 0 bridgehead atoms. The Morgan fingerprint density at radius 1 is 1.39 bits per heavy atom. The summed E-state index contributed by atoms with van der Waals surface area (Å²) in [5.74, 6) is -0.181. The summed E-state index contributed by atoms with van der Waals surface area (Å²) >= 11 is 5.63. The molecule has 100 valence electrons. The van der Waals surface area contributed by atoms with Crippen LogP contribution >= 0.6 is 11.6 Å². The molecule has 1 aromatic carbocycles. The summed E-state index contributed by atoms with van der Waals surface area (Å²) in [6.45, 7) is -0.354. The Labute approximate surface area is 108 Å². The SMILES string of the molecule is CN(CCC(F)(F)F)C(=O)c1cccc(CCl)c1. The van der Waals surface area contributed by atoms with E-state index < -0.39 is 18.5 Å².